The molecule has 0 aliphatic carbocycles. The van der Waals surface area contributed by atoms with Gasteiger partial charge in [0.25, 0.3) is 0 Å². The van der Waals surface area contributed by atoms with E-state index in [4.69, 9.17) is 21.4 Å². The minimum Gasteiger partial charge on any atom is -0.497 e. The predicted octanol–water partition coefficient (Wildman–Crippen LogP) is 2.13. The van der Waals surface area contributed by atoms with Gasteiger partial charge in [-0.25, -0.2) is 4.79 Å². The Morgan fingerprint density at radius 3 is 2.77 bits per heavy atom. The summed E-state index contributed by atoms with van der Waals surface area (Å²) < 4.78 is 4.90. The summed E-state index contributed by atoms with van der Waals surface area (Å²) in [6, 6.07) is 4.79. The standard InChI is InChI=1S/C9H9ClO3/c1-13-7-3-2-6(5-10)8(4-7)9(11)12/h2-4H,5H2,1H3,(H,11,12). The molecule has 0 aliphatic rings. The zero-order valence-corrected chi connectivity index (χ0v) is 7.84. The molecule has 0 aliphatic heterocycles. The fourth-order valence-corrected chi connectivity index (χ4v) is 1.23. The molecule has 0 heterocycles. The molecule has 3 nitrogen and oxygen atoms in total. The molecule has 0 amide bonds. The molecule has 0 bridgehead atoms. The summed E-state index contributed by atoms with van der Waals surface area (Å²) in [6.07, 6.45) is 0. The first kappa shape index (κ1) is 9.86. The number of halogens is 1. The maximum atomic E-state index is 10.7. The molecule has 0 saturated carbocycles. The fourth-order valence-electron chi connectivity index (χ4n) is 0.998. The number of methoxy groups -OCH3 is 1. The van der Waals surface area contributed by atoms with Gasteiger partial charge in [0.1, 0.15) is 5.75 Å². The van der Waals surface area contributed by atoms with Crippen LogP contribution in [0.1, 0.15) is 15.9 Å². The maximum Gasteiger partial charge on any atom is 0.336 e. The van der Waals surface area contributed by atoms with Crippen molar-refractivity contribution in [3.63, 3.8) is 0 Å². The molecule has 1 N–H and O–H groups in total. The molecule has 0 radical (unpaired) electrons. The smallest absolute Gasteiger partial charge is 0.336 e. The first-order valence-corrected chi connectivity index (χ1v) is 4.18. The summed E-state index contributed by atoms with van der Waals surface area (Å²) in [4.78, 5) is 10.7. The Hall–Kier alpha value is -1.22. The molecule has 1 aromatic carbocycles. The Balaban J connectivity index is 3.18. The molecule has 4 heteroatoms. The van der Waals surface area contributed by atoms with E-state index in [1.807, 2.05) is 0 Å². The van der Waals surface area contributed by atoms with Gasteiger partial charge in [-0.3, -0.25) is 0 Å². The molecule has 0 unspecified atom stereocenters. The summed E-state index contributed by atoms with van der Waals surface area (Å²) in [5.41, 5.74) is 0.782. The van der Waals surface area contributed by atoms with Crippen molar-refractivity contribution in [1.29, 1.82) is 0 Å². The Morgan fingerprint density at radius 2 is 2.31 bits per heavy atom. The van der Waals surface area contributed by atoms with Crippen LogP contribution in [0.15, 0.2) is 18.2 Å². The topological polar surface area (TPSA) is 46.5 Å². The van der Waals surface area contributed by atoms with Crippen molar-refractivity contribution >= 4 is 17.6 Å². The summed E-state index contributed by atoms with van der Waals surface area (Å²) >= 11 is 5.57. The second-order valence-electron chi connectivity index (χ2n) is 2.46. The number of aromatic carboxylic acids is 1. The van der Waals surface area contributed by atoms with E-state index in [9.17, 15) is 4.79 Å². The van der Waals surface area contributed by atoms with Crippen molar-refractivity contribution in [3.05, 3.63) is 29.3 Å². The Kier molecular flexibility index (Phi) is 3.14. The van der Waals surface area contributed by atoms with E-state index < -0.39 is 5.97 Å². The van der Waals surface area contributed by atoms with Crippen LogP contribution in [0.25, 0.3) is 0 Å². The number of carboxylic acids is 1. The van der Waals surface area contributed by atoms with Gasteiger partial charge in [0.05, 0.1) is 12.7 Å². The van der Waals surface area contributed by atoms with Crippen LogP contribution in [0.5, 0.6) is 5.75 Å². The van der Waals surface area contributed by atoms with Crippen molar-refractivity contribution < 1.29 is 14.6 Å². The Labute approximate surface area is 80.9 Å². The number of hydrogen-bond donors (Lipinski definition) is 1. The van der Waals surface area contributed by atoms with Crippen LogP contribution in [0.4, 0.5) is 0 Å². The van der Waals surface area contributed by atoms with Crippen molar-refractivity contribution in [2.45, 2.75) is 5.88 Å². The SMILES string of the molecule is COc1ccc(CCl)c(C(=O)O)c1. The third kappa shape index (κ3) is 2.12. The maximum absolute atomic E-state index is 10.7. The number of carbonyl (C=O) groups is 1. The molecule has 0 atom stereocenters. The van der Waals surface area contributed by atoms with Gasteiger partial charge in [0.2, 0.25) is 0 Å². The van der Waals surface area contributed by atoms with Crippen LogP contribution < -0.4 is 4.74 Å². The highest BCUT2D eigenvalue weighted by Gasteiger charge is 2.09. The number of hydrogen-bond acceptors (Lipinski definition) is 2. The van der Waals surface area contributed by atoms with E-state index in [2.05, 4.69) is 0 Å². The van der Waals surface area contributed by atoms with E-state index in [0.717, 1.165) is 0 Å². The lowest BCUT2D eigenvalue weighted by Crippen LogP contribution is -2.01. The van der Waals surface area contributed by atoms with E-state index in [0.29, 0.717) is 11.3 Å². The van der Waals surface area contributed by atoms with E-state index >= 15 is 0 Å². The van der Waals surface area contributed by atoms with Crippen LogP contribution in [0.3, 0.4) is 0 Å². The molecule has 70 valence electrons. The van der Waals surface area contributed by atoms with Gasteiger partial charge < -0.3 is 9.84 Å². The Morgan fingerprint density at radius 1 is 1.62 bits per heavy atom. The summed E-state index contributed by atoms with van der Waals surface area (Å²) in [5.74, 6) is -0.285. The largest absolute Gasteiger partial charge is 0.497 e. The third-order valence-corrected chi connectivity index (χ3v) is 1.98. The summed E-state index contributed by atoms with van der Waals surface area (Å²) in [6.45, 7) is 0. The second kappa shape index (κ2) is 4.14. The fraction of sp³-hybridized carbons (Fsp3) is 0.222. The minimum absolute atomic E-state index is 0.186. The molecular formula is C9H9ClO3. The quantitative estimate of drug-likeness (QED) is 0.761. The van der Waals surface area contributed by atoms with Crippen molar-refractivity contribution in [3.8, 4) is 5.75 Å². The number of carboxylic acid groups (broad SMARTS) is 1. The molecule has 0 spiro atoms. The highest BCUT2D eigenvalue weighted by atomic mass is 35.5. The van der Waals surface area contributed by atoms with E-state index in [1.165, 1.54) is 13.2 Å². The van der Waals surface area contributed by atoms with Crippen LogP contribution in [0.2, 0.25) is 0 Å². The van der Waals surface area contributed by atoms with Gasteiger partial charge in [0.15, 0.2) is 0 Å². The summed E-state index contributed by atoms with van der Waals surface area (Å²) in [5, 5.41) is 8.80. The molecular weight excluding hydrogens is 192 g/mol. The molecule has 1 rings (SSSR count). The monoisotopic (exact) mass is 200 g/mol. The first-order chi connectivity index (χ1) is 6.19. The van der Waals surface area contributed by atoms with Crippen LogP contribution in [-0.4, -0.2) is 18.2 Å². The molecule has 0 fully saturated rings. The zero-order valence-electron chi connectivity index (χ0n) is 7.08. The second-order valence-corrected chi connectivity index (χ2v) is 2.73. The van der Waals surface area contributed by atoms with E-state index in [1.54, 1.807) is 12.1 Å². The number of alkyl halides is 1. The predicted molar refractivity (Wildman–Crippen MR) is 49.5 cm³/mol. The Bertz CT molecular complexity index is 323. The number of rotatable bonds is 3. The van der Waals surface area contributed by atoms with Gasteiger partial charge in [-0.1, -0.05) is 6.07 Å². The highest BCUT2D eigenvalue weighted by molar-refractivity contribution is 6.17. The minimum atomic E-state index is -0.991. The third-order valence-electron chi connectivity index (χ3n) is 1.69. The lowest BCUT2D eigenvalue weighted by atomic mass is 10.1. The van der Waals surface area contributed by atoms with Crippen molar-refractivity contribution in [2.75, 3.05) is 7.11 Å². The van der Waals surface area contributed by atoms with Crippen molar-refractivity contribution in [2.24, 2.45) is 0 Å². The van der Waals surface area contributed by atoms with Gasteiger partial charge >= 0.3 is 5.97 Å². The lowest BCUT2D eigenvalue weighted by Gasteiger charge is -2.04. The zero-order chi connectivity index (χ0) is 9.84. The lowest BCUT2D eigenvalue weighted by molar-refractivity contribution is 0.0695. The number of benzene rings is 1. The van der Waals surface area contributed by atoms with Crippen molar-refractivity contribution in [1.82, 2.24) is 0 Å². The summed E-state index contributed by atoms with van der Waals surface area (Å²) in [7, 11) is 1.49. The number of ether oxygens (including phenoxy) is 1. The molecule has 0 saturated heterocycles. The molecule has 0 aromatic heterocycles. The van der Waals surface area contributed by atoms with Crippen LogP contribution >= 0.6 is 11.6 Å². The van der Waals surface area contributed by atoms with Crippen LogP contribution in [-0.2, 0) is 5.88 Å². The highest BCUT2D eigenvalue weighted by Crippen LogP contribution is 2.19. The first-order valence-electron chi connectivity index (χ1n) is 3.65. The van der Waals surface area contributed by atoms with Gasteiger partial charge in [-0.2, -0.15) is 0 Å². The normalized spacial score (nSPS) is 9.69. The van der Waals surface area contributed by atoms with E-state index in [-0.39, 0.29) is 11.4 Å². The molecule has 1 aromatic rings. The van der Waals surface area contributed by atoms with Gasteiger partial charge in [0, 0.05) is 5.88 Å². The average molecular weight is 201 g/mol. The van der Waals surface area contributed by atoms with Crippen LogP contribution in [0, 0.1) is 0 Å². The average Bonchev–Trinajstić information content (AvgIpc) is 2.16. The van der Waals surface area contributed by atoms with Gasteiger partial charge in [-0.15, -0.1) is 11.6 Å². The van der Waals surface area contributed by atoms with Gasteiger partial charge in [-0.05, 0) is 17.7 Å². The molecule has 13 heavy (non-hydrogen) atoms.